The fourth-order valence-corrected chi connectivity index (χ4v) is 3.64. The van der Waals surface area contributed by atoms with E-state index >= 15 is 0 Å². The Morgan fingerprint density at radius 2 is 2.08 bits per heavy atom. The zero-order valence-electron chi connectivity index (χ0n) is 13.4. The molecule has 1 heterocycles. The van der Waals surface area contributed by atoms with Crippen molar-refractivity contribution in [1.29, 1.82) is 0 Å². The number of thiazole rings is 1. The number of hydrogen-bond donors (Lipinski definition) is 2. The summed E-state index contributed by atoms with van der Waals surface area (Å²) in [6.07, 6.45) is 0. The largest absolute Gasteiger partial charge is 0.495 e. The van der Waals surface area contributed by atoms with Gasteiger partial charge in [-0.25, -0.2) is 4.98 Å². The van der Waals surface area contributed by atoms with Crippen molar-refractivity contribution in [3.8, 4) is 5.75 Å². The highest BCUT2D eigenvalue weighted by molar-refractivity contribution is 7.80. The number of fused-ring (bicyclic) bond motifs is 1. The number of carbonyl (C=O) groups excluding carboxylic acids is 1. The van der Waals surface area contributed by atoms with E-state index in [0.717, 1.165) is 15.8 Å². The molecule has 0 bridgehead atoms. The molecule has 0 saturated heterocycles. The molecule has 0 aliphatic rings. The molecule has 1 amide bonds. The van der Waals surface area contributed by atoms with Crippen molar-refractivity contribution in [3.05, 3.63) is 52.5 Å². The first-order chi connectivity index (χ1) is 12.0. The number of aromatic nitrogens is 1. The van der Waals surface area contributed by atoms with Crippen LogP contribution in [0.4, 0.5) is 5.13 Å². The average Bonchev–Trinajstić information content (AvgIpc) is 2.94. The topological polar surface area (TPSA) is 63.2 Å². The molecule has 0 aliphatic heterocycles. The van der Waals surface area contributed by atoms with Crippen LogP contribution in [0, 0.1) is 6.92 Å². The van der Waals surface area contributed by atoms with Gasteiger partial charge in [-0.15, -0.1) is 0 Å². The molecule has 0 aliphatic carbocycles. The molecular weight excluding hydrogens is 378 g/mol. The van der Waals surface area contributed by atoms with Gasteiger partial charge < -0.3 is 10.1 Å². The number of nitrogens with one attached hydrogen (secondary N) is 2. The maximum absolute atomic E-state index is 12.3. The summed E-state index contributed by atoms with van der Waals surface area (Å²) in [7, 11) is 1.56. The lowest BCUT2D eigenvalue weighted by Gasteiger charge is -2.08. The molecule has 5 nitrogen and oxygen atoms in total. The highest BCUT2D eigenvalue weighted by Crippen LogP contribution is 2.34. The van der Waals surface area contributed by atoms with Crippen molar-refractivity contribution >= 4 is 61.5 Å². The Morgan fingerprint density at radius 1 is 1.32 bits per heavy atom. The van der Waals surface area contributed by atoms with Crippen molar-refractivity contribution in [3.63, 3.8) is 0 Å². The number of anilines is 1. The maximum Gasteiger partial charge on any atom is 0.257 e. The molecule has 2 N–H and O–H groups in total. The number of halogens is 1. The molecule has 0 atom stereocenters. The summed E-state index contributed by atoms with van der Waals surface area (Å²) in [4.78, 5) is 16.7. The number of methoxy groups -OCH3 is 1. The van der Waals surface area contributed by atoms with Crippen LogP contribution in [-0.2, 0) is 0 Å². The van der Waals surface area contributed by atoms with Crippen molar-refractivity contribution in [2.75, 3.05) is 12.4 Å². The van der Waals surface area contributed by atoms with Crippen LogP contribution >= 0.6 is 35.2 Å². The van der Waals surface area contributed by atoms with Crippen LogP contribution in [0.15, 0.2) is 36.4 Å². The normalized spacial score (nSPS) is 10.5. The number of benzene rings is 2. The minimum atomic E-state index is -0.263. The third-order valence-electron chi connectivity index (χ3n) is 3.50. The van der Waals surface area contributed by atoms with Crippen LogP contribution in [0.5, 0.6) is 5.75 Å². The van der Waals surface area contributed by atoms with E-state index in [-0.39, 0.29) is 11.0 Å². The van der Waals surface area contributed by atoms with Gasteiger partial charge in [0.1, 0.15) is 5.75 Å². The highest BCUT2D eigenvalue weighted by atomic mass is 35.5. The highest BCUT2D eigenvalue weighted by Gasteiger charge is 2.13. The van der Waals surface area contributed by atoms with Gasteiger partial charge in [0.2, 0.25) is 0 Å². The first-order valence-corrected chi connectivity index (χ1v) is 8.90. The number of thiocarbonyl (C=S) groups is 1. The van der Waals surface area contributed by atoms with Crippen LogP contribution < -0.4 is 15.4 Å². The Kier molecular flexibility index (Phi) is 5.17. The average molecular weight is 392 g/mol. The van der Waals surface area contributed by atoms with E-state index in [1.807, 2.05) is 31.2 Å². The summed E-state index contributed by atoms with van der Waals surface area (Å²) in [6, 6.07) is 10.9. The third kappa shape index (κ3) is 3.89. The van der Waals surface area contributed by atoms with Gasteiger partial charge in [0.25, 0.3) is 5.91 Å². The van der Waals surface area contributed by atoms with Crippen LogP contribution in [0.25, 0.3) is 10.2 Å². The number of amides is 1. The lowest BCUT2D eigenvalue weighted by atomic mass is 10.1. The first-order valence-electron chi connectivity index (χ1n) is 7.30. The van der Waals surface area contributed by atoms with Crippen molar-refractivity contribution in [2.24, 2.45) is 0 Å². The standard InChI is InChI=1S/C17H14ClN3O2S2/c1-9-5-3-4-6-10(9)15(22)20-16(24)21-17-19-12-7-11(18)13(23-2)8-14(12)25-17/h3-8H,1-2H3,(H2,19,20,21,22,24). The summed E-state index contributed by atoms with van der Waals surface area (Å²) < 4.78 is 6.10. The number of carbonyl (C=O) groups is 1. The second-order valence-electron chi connectivity index (χ2n) is 5.20. The summed E-state index contributed by atoms with van der Waals surface area (Å²) in [6.45, 7) is 1.87. The predicted molar refractivity (Wildman–Crippen MR) is 106 cm³/mol. The number of rotatable bonds is 3. The number of aryl methyl sites for hydroxylation is 1. The Labute approximate surface area is 159 Å². The van der Waals surface area contributed by atoms with E-state index in [1.54, 1.807) is 19.2 Å². The Morgan fingerprint density at radius 3 is 2.80 bits per heavy atom. The Hall–Kier alpha value is -2.22. The fourth-order valence-electron chi connectivity index (χ4n) is 2.27. The van der Waals surface area contributed by atoms with Crippen molar-refractivity contribution in [2.45, 2.75) is 6.92 Å². The molecular formula is C17H14ClN3O2S2. The molecule has 0 fully saturated rings. The number of hydrogen-bond acceptors (Lipinski definition) is 5. The predicted octanol–water partition coefficient (Wildman–Crippen LogP) is 4.39. The summed E-state index contributed by atoms with van der Waals surface area (Å²) in [5.74, 6) is 0.321. The monoisotopic (exact) mass is 391 g/mol. The van der Waals surface area contributed by atoms with E-state index in [2.05, 4.69) is 15.6 Å². The Balaban J connectivity index is 1.74. The van der Waals surface area contributed by atoms with Crippen LogP contribution in [0.1, 0.15) is 15.9 Å². The number of ether oxygens (including phenoxy) is 1. The molecule has 8 heteroatoms. The lowest BCUT2D eigenvalue weighted by Crippen LogP contribution is -2.34. The molecule has 3 aromatic rings. The van der Waals surface area contributed by atoms with Gasteiger partial charge in [0, 0.05) is 11.6 Å². The van der Waals surface area contributed by atoms with Gasteiger partial charge in [-0.3, -0.25) is 10.1 Å². The second-order valence-corrected chi connectivity index (χ2v) is 7.04. The van der Waals surface area contributed by atoms with Crippen LogP contribution in [-0.4, -0.2) is 23.1 Å². The van der Waals surface area contributed by atoms with E-state index in [0.29, 0.717) is 21.5 Å². The van der Waals surface area contributed by atoms with Gasteiger partial charge in [-0.1, -0.05) is 41.1 Å². The van der Waals surface area contributed by atoms with Gasteiger partial charge in [-0.2, -0.15) is 0 Å². The van der Waals surface area contributed by atoms with Gasteiger partial charge in [0.05, 0.1) is 22.3 Å². The molecule has 25 heavy (non-hydrogen) atoms. The second kappa shape index (κ2) is 7.35. The molecule has 2 aromatic carbocycles. The third-order valence-corrected chi connectivity index (χ3v) is 4.93. The van der Waals surface area contributed by atoms with E-state index < -0.39 is 0 Å². The minimum absolute atomic E-state index is 0.186. The molecule has 1 aromatic heterocycles. The van der Waals surface area contributed by atoms with Crippen molar-refractivity contribution < 1.29 is 9.53 Å². The SMILES string of the molecule is COc1cc2sc(NC(=S)NC(=O)c3ccccc3C)nc2cc1Cl. The van der Waals surface area contributed by atoms with E-state index in [9.17, 15) is 4.79 Å². The first kappa shape index (κ1) is 17.6. The van der Waals surface area contributed by atoms with Crippen LogP contribution in [0.2, 0.25) is 5.02 Å². The fraction of sp³-hybridized carbons (Fsp3) is 0.118. The molecule has 128 valence electrons. The molecule has 3 rings (SSSR count). The molecule has 0 saturated carbocycles. The summed E-state index contributed by atoms with van der Waals surface area (Å²) in [5.41, 5.74) is 2.18. The zero-order chi connectivity index (χ0) is 18.0. The quantitative estimate of drug-likeness (QED) is 0.648. The molecule has 0 radical (unpaired) electrons. The van der Waals surface area contributed by atoms with Crippen molar-refractivity contribution in [1.82, 2.24) is 10.3 Å². The zero-order valence-corrected chi connectivity index (χ0v) is 15.8. The summed E-state index contributed by atoms with van der Waals surface area (Å²) in [5, 5.41) is 6.83. The van der Waals surface area contributed by atoms with E-state index in [1.165, 1.54) is 11.3 Å². The Bertz CT molecular complexity index is 972. The molecule has 0 spiro atoms. The smallest absolute Gasteiger partial charge is 0.257 e. The molecule has 0 unspecified atom stereocenters. The van der Waals surface area contributed by atoms with Crippen LogP contribution in [0.3, 0.4) is 0 Å². The van der Waals surface area contributed by atoms with E-state index in [4.69, 9.17) is 28.6 Å². The summed E-state index contributed by atoms with van der Waals surface area (Å²) >= 11 is 12.7. The van der Waals surface area contributed by atoms with Gasteiger partial charge in [-0.05, 0) is 36.8 Å². The lowest BCUT2D eigenvalue weighted by molar-refractivity contribution is 0.0977. The van der Waals surface area contributed by atoms with Gasteiger partial charge in [0.15, 0.2) is 10.2 Å². The van der Waals surface area contributed by atoms with Gasteiger partial charge >= 0.3 is 0 Å². The maximum atomic E-state index is 12.3. The minimum Gasteiger partial charge on any atom is -0.495 e. The number of nitrogens with zero attached hydrogens (tertiary/aromatic N) is 1.